The van der Waals surface area contributed by atoms with Crippen molar-refractivity contribution in [2.75, 3.05) is 68.9 Å². The molecule has 196 valence electrons. The summed E-state index contributed by atoms with van der Waals surface area (Å²) >= 11 is 0. The van der Waals surface area contributed by atoms with Crippen LogP contribution in [0.15, 0.2) is 66.7 Å². The minimum absolute atomic E-state index is 0.119. The van der Waals surface area contributed by atoms with E-state index in [4.69, 9.17) is 0 Å². The Kier molecular flexibility index (Phi) is 7.39. The van der Waals surface area contributed by atoms with Crippen molar-refractivity contribution in [2.24, 2.45) is 0 Å². The lowest BCUT2D eigenvalue weighted by atomic mass is 10.0. The maximum absolute atomic E-state index is 13.1. The zero-order valence-electron chi connectivity index (χ0n) is 21.6. The second-order valence-electron chi connectivity index (χ2n) is 9.71. The van der Waals surface area contributed by atoms with Crippen LogP contribution >= 0.6 is 0 Å². The molecule has 0 saturated carbocycles. The molecule has 5 rings (SSSR count). The van der Waals surface area contributed by atoms with Crippen molar-refractivity contribution in [3.63, 3.8) is 0 Å². The van der Waals surface area contributed by atoms with E-state index in [1.807, 2.05) is 42.5 Å². The summed E-state index contributed by atoms with van der Waals surface area (Å²) in [5.41, 5.74) is 4.28. The first-order valence-electron chi connectivity index (χ1n) is 12.7. The number of aromatic nitrogens is 1. The molecule has 2 aliphatic rings. The normalized spacial score (nSPS) is 17.1. The van der Waals surface area contributed by atoms with Crippen molar-refractivity contribution in [3.05, 3.63) is 83.6 Å². The summed E-state index contributed by atoms with van der Waals surface area (Å²) in [5, 5.41) is 15.5. The van der Waals surface area contributed by atoms with Gasteiger partial charge in [0.15, 0.2) is 5.69 Å². The summed E-state index contributed by atoms with van der Waals surface area (Å²) in [6.45, 7) is 6.41. The molecule has 38 heavy (non-hydrogen) atoms. The number of carboxylic acids is 1. The first-order chi connectivity index (χ1) is 18.4. The standard InChI is InChI=1S/C29H32N6O3/c1-33-14-17-35(18-15-33)19-16-34(2)22-10-8-21(9-11-22)30-26(20-6-4-3-5-7-20)25-23-12-13-24(29(37)38)31-27(23)32-28(25)36/h3-13,30H,14-19H2,1-2H3,(H,37,38)(H,31,32,36)/b26-25-. The van der Waals surface area contributed by atoms with Gasteiger partial charge in [-0.05, 0) is 49.0 Å². The van der Waals surface area contributed by atoms with Crippen LogP contribution in [0.4, 0.5) is 17.2 Å². The fraction of sp³-hybridized carbons (Fsp3) is 0.276. The zero-order chi connectivity index (χ0) is 26.6. The third kappa shape index (κ3) is 5.53. The van der Waals surface area contributed by atoms with E-state index in [0.29, 0.717) is 16.8 Å². The Morgan fingerprint density at radius 2 is 1.74 bits per heavy atom. The van der Waals surface area contributed by atoms with Crippen LogP contribution in [0, 0.1) is 0 Å². The SMILES string of the molecule is CN1CCN(CCN(C)c2ccc(N/C(=C3\C(=O)Nc4nc(C(=O)O)ccc43)c3ccccc3)cc2)CC1. The number of fused-ring (bicyclic) bond motifs is 1. The average Bonchev–Trinajstić information content (AvgIpc) is 3.26. The molecule has 0 aliphatic carbocycles. The van der Waals surface area contributed by atoms with E-state index in [1.165, 1.54) is 6.07 Å². The minimum atomic E-state index is -1.14. The summed E-state index contributed by atoms with van der Waals surface area (Å²) < 4.78 is 0. The van der Waals surface area contributed by atoms with Gasteiger partial charge in [0.1, 0.15) is 5.82 Å². The van der Waals surface area contributed by atoms with Gasteiger partial charge in [0.25, 0.3) is 5.91 Å². The molecule has 1 amide bonds. The topological polar surface area (TPSA) is 101 Å². The number of carbonyl (C=O) groups excluding carboxylic acids is 1. The number of carboxylic acid groups (broad SMARTS) is 1. The van der Waals surface area contributed by atoms with Crippen LogP contribution in [0.5, 0.6) is 0 Å². The lowest BCUT2D eigenvalue weighted by molar-refractivity contribution is -0.110. The van der Waals surface area contributed by atoms with Crippen molar-refractivity contribution >= 4 is 40.3 Å². The van der Waals surface area contributed by atoms with Crippen LogP contribution in [-0.2, 0) is 4.79 Å². The van der Waals surface area contributed by atoms with E-state index in [1.54, 1.807) is 6.07 Å². The third-order valence-electron chi connectivity index (χ3n) is 7.08. The number of anilines is 3. The Morgan fingerprint density at radius 1 is 1.03 bits per heavy atom. The molecule has 3 aromatic rings. The molecule has 3 N–H and O–H groups in total. The number of nitrogens with one attached hydrogen (secondary N) is 2. The summed E-state index contributed by atoms with van der Waals surface area (Å²) in [4.78, 5) is 35.7. The van der Waals surface area contributed by atoms with Gasteiger partial charge in [0.05, 0.1) is 11.3 Å². The van der Waals surface area contributed by atoms with Crippen molar-refractivity contribution in [3.8, 4) is 0 Å². The molecule has 0 bridgehead atoms. The maximum Gasteiger partial charge on any atom is 0.354 e. The number of hydrogen-bond donors (Lipinski definition) is 3. The molecule has 2 aliphatic heterocycles. The number of carbonyl (C=O) groups is 2. The van der Waals surface area contributed by atoms with Gasteiger partial charge in [-0.3, -0.25) is 9.69 Å². The highest BCUT2D eigenvalue weighted by molar-refractivity contribution is 6.37. The predicted octanol–water partition coefficient (Wildman–Crippen LogP) is 3.40. The Morgan fingerprint density at radius 3 is 2.42 bits per heavy atom. The first-order valence-corrected chi connectivity index (χ1v) is 12.7. The quantitative estimate of drug-likeness (QED) is 0.395. The van der Waals surface area contributed by atoms with Crippen molar-refractivity contribution in [2.45, 2.75) is 0 Å². The molecular formula is C29H32N6O3. The number of likely N-dealkylation sites (N-methyl/N-ethyl adjacent to an activating group) is 2. The van der Waals surface area contributed by atoms with Gasteiger partial charge in [-0.2, -0.15) is 0 Å². The summed E-state index contributed by atoms with van der Waals surface area (Å²) in [7, 11) is 4.27. The van der Waals surface area contributed by atoms with Gasteiger partial charge in [-0.15, -0.1) is 0 Å². The van der Waals surface area contributed by atoms with E-state index in [-0.39, 0.29) is 17.4 Å². The maximum atomic E-state index is 13.1. The number of nitrogens with zero attached hydrogens (tertiary/aromatic N) is 4. The number of amides is 1. The molecular weight excluding hydrogens is 480 g/mol. The molecule has 1 aromatic heterocycles. The lowest BCUT2D eigenvalue weighted by Crippen LogP contribution is -2.46. The molecule has 1 fully saturated rings. The van der Waals surface area contributed by atoms with Gasteiger partial charge in [0.2, 0.25) is 0 Å². The van der Waals surface area contributed by atoms with E-state index in [2.05, 4.69) is 56.5 Å². The van der Waals surface area contributed by atoms with Gasteiger partial charge >= 0.3 is 5.97 Å². The number of piperazine rings is 1. The summed E-state index contributed by atoms with van der Waals surface area (Å²) in [6, 6.07) is 20.8. The van der Waals surface area contributed by atoms with Crippen LogP contribution in [0.3, 0.4) is 0 Å². The molecule has 0 atom stereocenters. The van der Waals surface area contributed by atoms with Gasteiger partial charge in [-0.25, -0.2) is 9.78 Å². The molecule has 3 heterocycles. The van der Waals surface area contributed by atoms with Crippen LogP contribution in [0.1, 0.15) is 21.6 Å². The van der Waals surface area contributed by atoms with Gasteiger partial charge in [-0.1, -0.05) is 30.3 Å². The first kappa shape index (κ1) is 25.4. The highest BCUT2D eigenvalue weighted by Gasteiger charge is 2.30. The highest BCUT2D eigenvalue weighted by atomic mass is 16.4. The highest BCUT2D eigenvalue weighted by Crippen LogP contribution is 2.36. The van der Waals surface area contributed by atoms with Crippen LogP contribution < -0.4 is 15.5 Å². The molecule has 9 nitrogen and oxygen atoms in total. The second-order valence-corrected chi connectivity index (χ2v) is 9.71. The van der Waals surface area contributed by atoms with Gasteiger partial charge in [0, 0.05) is 63.3 Å². The number of rotatable bonds is 8. The number of pyridine rings is 1. The van der Waals surface area contributed by atoms with E-state index < -0.39 is 5.97 Å². The number of hydrogen-bond acceptors (Lipinski definition) is 7. The summed E-state index contributed by atoms with van der Waals surface area (Å²) in [5.74, 6) is -1.23. The molecule has 0 spiro atoms. The monoisotopic (exact) mass is 512 g/mol. The van der Waals surface area contributed by atoms with Crippen molar-refractivity contribution in [1.82, 2.24) is 14.8 Å². The van der Waals surface area contributed by atoms with Crippen LogP contribution in [0.2, 0.25) is 0 Å². The fourth-order valence-electron chi connectivity index (χ4n) is 4.74. The average molecular weight is 513 g/mol. The molecule has 2 aromatic carbocycles. The van der Waals surface area contributed by atoms with E-state index >= 15 is 0 Å². The molecule has 9 heteroatoms. The fourth-order valence-corrected chi connectivity index (χ4v) is 4.74. The molecule has 0 radical (unpaired) electrons. The predicted molar refractivity (Wildman–Crippen MR) is 150 cm³/mol. The van der Waals surface area contributed by atoms with Crippen molar-refractivity contribution < 1.29 is 14.7 Å². The zero-order valence-corrected chi connectivity index (χ0v) is 21.6. The smallest absolute Gasteiger partial charge is 0.354 e. The number of benzene rings is 2. The van der Waals surface area contributed by atoms with E-state index in [9.17, 15) is 14.7 Å². The Balaban J connectivity index is 1.37. The van der Waals surface area contributed by atoms with Crippen LogP contribution in [0.25, 0.3) is 11.3 Å². The second kappa shape index (κ2) is 11.0. The minimum Gasteiger partial charge on any atom is -0.477 e. The molecule has 1 saturated heterocycles. The van der Waals surface area contributed by atoms with Gasteiger partial charge < -0.3 is 25.5 Å². The summed E-state index contributed by atoms with van der Waals surface area (Å²) in [6.07, 6.45) is 0. The third-order valence-corrected chi connectivity index (χ3v) is 7.08. The lowest BCUT2D eigenvalue weighted by Gasteiger charge is -2.33. The van der Waals surface area contributed by atoms with Crippen LogP contribution in [-0.4, -0.2) is 85.1 Å². The largest absolute Gasteiger partial charge is 0.477 e. The number of aromatic carboxylic acids is 1. The van der Waals surface area contributed by atoms with Crippen molar-refractivity contribution in [1.29, 1.82) is 0 Å². The Labute approximate surface area is 222 Å². The van der Waals surface area contributed by atoms with E-state index in [0.717, 1.165) is 56.2 Å². The Bertz CT molecular complexity index is 1350. The molecule has 0 unspecified atom stereocenters. The Hall–Kier alpha value is -4.21.